The first-order chi connectivity index (χ1) is 14.7. The van der Waals surface area contributed by atoms with Gasteiger partial charge in [-0.2, -0.15) is 0 Å². The van der Waals surface area contributed by atoms with Crippen molar-refractivity contribution in [2.45, 2.75) is 20.4 Å². The number of fused-ring (bicyclic) bond motifs is 2. The fourth-order valence-corrected chi connectivity index (χ4v) is 7.46. The van der Waals surface area contributed by atoms with Crippen molar-refractivity contribution < 1.29 is 18.1 Å². The van der Waals surface area contributed by atoms with E-state index in [9.17, 15) is 0 Å². The molecule has 0 unspecified atom stereocenters. The van der Waals surface area contributed by atoms with Crippen molar-refractivity contribution >= 4 is 7.66 Å². The van der Waals surface area contributed by atoms with Gasteiger partial charge in [0, 0.05) is 0 Å². The number of benzene rings is 3. The first-order valence-electron chi connectivity index (χ1n) is 10.2. The second kappa shape index (κ2) is 7.17. The number of para-hydroxylation sites is 4. The van der Waals surface area contributed by atoms with Crippen LogP contribution < -0.4 is 18.1 Å². The van der Waals surface area contributed by atoms with Gasteiger partial charge in [0.25, 0.3) is 0 Å². The van der Waals surface area contributed by atoms with Crippen LogP contribution in [0.25, 0.3) is 0 Å². The molecule has 0 bridgehead atoms. The van der Waals surface area contributed by atoms with Crippen molar-refractivity contribution in [2.75, 3.05) is 13.1 Å². The van der Waals surface area contributed by atoms with Crippen molar-refractivity contribution in [1.29, 1.82) is 0 Å². The molecule has 0 aliphatic carbocycles. The van der Waals surface area contributed by atoms with Gasteiger partial charge in [-0.15, -0.1) is 0 Å². The standard InChI is InChI=1S/C23H25N2O4P/c1-3-24(4-2)25(18-19-12-6-5-7-13-19)30(26-20-14-8-9-15-21(20)27-30)28-22-16-10-11-17-23(22)29-30/h5-17H,3-4,18H2,1-2H3. The van der Waals surface area contributed by atoms with E-state index in [0.717, 1.165) is 18.7 Å². The summed E-state index contributed by atoms with van der Waals surface area (Å²) in [5, 5.41) is 2.16. The molecule has 0 aromatic heterocycles. The molecule has 2 aliphatic rings. The predicted molar refractivity (Wildman–Crippen MR) is 117 cm³/mol. The van der Waals surface area contributed by atoms with Crippen molar-refractivity contribution in [3.63, 3.8) is 0 Å². The summed E-state index contributed by atoms with van der Waals surface area (Å²) in [5.41, 5.74) is 1.11. The van der Waals surface area contributed by atoms with E-state index in [-0.39, 0.29) is 0 Å². The molecule has 3 aromatic rings. The Kier molecular flexibility index (Phi) is 4.58. The Hall–Kier alpha value is -2.79. The van der Waals surface area contributed by atoms with Crippen LogP contribution in [0.15, 0.2) is 78.9 Å². The van der Waals surface area contributed by atoms with E-state index in [2.05, 4.69) is 31.0 Å². The fourth-order valence-electron chi connectivity index (χ4n) is 3.88. The van der Waals surface area contributed by atoms with E-state index in [4.69, 9.17) is 18.1 Å². The van der Waals surface area contributed by atoms with E-state index in [1.807, 2.05) is 71.5 Å². The molecule has 5 rings (SSSR count). The first kappa shape index (κ1) is 19.2. The Bertz CT molecular complexity index is 945. The first-order valence-corrected chi connectivity index (χ1v) is 12.1. The number of nitrogens with zero attached hydrogens (tertiary/aromatic N) is 2. The van der Waals surface area contributed by atoms with Gasteiger partial charge < -0.3 is 0 Å². The number of hydrogen-bond acceptors (Lipinski definition) is 6. The van der Waals surface area contributed by atoms with Gasteiger partial charge in [-0.1, -0.05) is 0 Å². The Morgan fingerprint density at radius 3 is 1.40 bits per heavy atom. The third-order valence-corrected chi connectivity index (χ3v) is 8.46. The molecule has 0 atom stereocenters. The maximum atomic E-state index is 6.59. The molecule has 30 heavy (non-hydrogen) atoms. The van der Waals surface area contributed by atoms with Crippen LogP contribution in [0.4, 0.5) is 0 Å². The van der Waals surface area contributed by atoms with E-state index >= 15 is 0 Å². The Morgan fingerprint density at radius 1 is 0.600 bits per heavy atom. The molecule has 0 saturated heterocycles. The fraction of sp³-hybridized carbons (Fsp3) is 0.217. The van der Waals surface area contributed by atoms with Crippen LogP contribution >= 0.6 is 7.66 Å². The molecule has 156 valence electrons. The molecule has 7 heteroatoms. The maximum absolute atomic E-state index is 6.59. The second-order valence-corrected chi connectivity index (χ2v) is 9.93. The van der Waals surface area contributed by atoms with Crippen molar-refractivity contribution in [3.8, 4) is 23.0 Å². The van der Waals surface area contributed by atoms with Crippen molar-refractivity contribution in [3.05, 3.63) is 84.4 Å². The van der Waals surface area contributed by atoms with Crippen LogP contribution in [-0.2, 0) is 6.54 Å². The average Bonchev–Trinajstić information content (AvgIpc) is 3.29. The molecular weight excluding hydrogens is 399 g/mol. The molecule has 0 N–H and O–H groups in total. The molecule has 0 radical (unpaired) electrons. The Morgan fingerprint density at radius 2 is 1.00 bits per heavy atom. The molecule has 0 amide bonds. The number of rotatable bonds is 6. The Labute approximate surface area is 176 Å². The minimum absolute atomic E-state index is 0.516. The molecule has 2 heterocycles. The summed E-state index contributed by atoms with van der Waals surface area (Å²) in [4.78, 5) is 0. The van der Waals surface area contributed by atoms with Gasteiger partial charge in [-0.3, -0.25) is 0 Å². The van der Waals surface area contributed by atoms with Gasteiger partial charge in [0.15, 0.2) is 0 Å². The minimum atomic E-state index is -4.30. The molecule has 1 spiro atoms. The summed E-state index contributed by atoms with van der Waals surface area (Å²) >= 11 is 0. The molecular formula is C23H25N2O4P. The van der Waals surface area contributed by atoms with Crippen molar-refractivity contribution in [2.24, 2.45) is 0 Å². The van der Waals surface area contributed by atoms with Crippen LogP contribution in [-0.4, -0.2) is 22.9 Å². The van der Waals surface area contributed by atoms with Crippen LogP contribution in [0.1, 0.15) is 19.4 Å². The SMILES string of the molecule is CCN(CC)N(Cc1ccccc1)P12(Oc3ccccc3O1)Oc1ccccc1O2. The number of hydrazine groups is 1. The third kappa shape index (κ3) is 2.91. The number of hydrogen-bond donors (Lipinski definition) is 0. The summed E-state index contributed by atoms with van der Waals surface area (Å²) in [6.07, 6.45) is 0. The summed E-state index contributed by atoms with van der Waals surface area (Å²) in [6.45, 7) is 6.20. The predicted octanol–water partition coefficient (Wildman–Crippen LogP) is 5.82. The van der Waals surface area contributed by atoms with Crippen LogP contribution in [0.3, 0.4) is 0 Å². The van der Waals surface area contributed by atoms with Crippen molar-refractivity contribution in [1.82, 2.24) is 9.79 Å². The van der Waals surface area contributed by atoms with Gasteiger partial charge in [-0.25, -0.2) is 0 Å². The second-order valence-electron chi connectivity index (χ2n) is 7.19. The van der Waals surface area contributed by atoms with Crippen LogP contribution in [0.5, 0.6) is 23.0 Å². The zero-order chi connectivity index (χ0) is 20.6. The molecule has 2 aliphatic heterocycles. The molecule has 6 nitrogen and oxygen atoms in total. The van der Waals surface area contributed by atoms with Crippen LogP contribution in [0, 0.1) is 0 Å². The molecule has 0 fully saturated rings. The average molecular weight is 424 g/mol. The monoisotopic (exact) mass is 424 g/mol. The summed E-state index contributed by atoms with van der Waals surface area (Å²) in [6, 6.07) is 25.4. The van der Waals surface area contributed by atoms with Crippen LogP contribution in [0.2, 0.25) is 0 Å². The Balaban J connectivity index is 1.67. The normalized spacial score (nSPS) is 18.5. The summed E-state index contributed by atoms with van der Waals surface area (Å²) < 4.78 is 28.4. The van der Waals surface area contributed by atoms with E-state index in [0.29, 0.717) is 29.5 Å². The van der Waals surface area contributed by atoms with Gasteiger partial charge in [0.1, 0.15) is 0 Å². The van der Waals surface area contributed by atoms with E-state index in [1.165, 1.54) is 0 Å². The topological polar surface area (TPSA) is 43.4 Å². The summed E-state index contributed by atoms with van der Waals surface area (Å²) in [5.74, 6) is 2.47. The quantitative estimate of drug-likeness (QED) is 0.367. The van der Waals surface area contributed by atoms with Gasteiger partial charge in [-0.05, 0) is 0 Å². The van der Waals surface area contributed by atoms with Gasteiger partial charge in [0.2, 0.25) is 0 Å². The van der Waals surface area contributed by atoms with E-state index in [1.54, 1.807) is 0 Å². The van der Waals surface area contributed by atoms with Gasteiger partial charge >= 0.3 is 176 Å². The third-order valence-electron chi connectivity index (χ3n) is 5.30. The molecule has 3 aromatic carbocycles. The van der Waals surface area contributed by atoms with E-state index < -0.39 is 7.66 Å². The molecule has 0 saturated carbocycles. The van der Waals surface area contributed by atoms with Gasteiger partial charge in [0.05, 0.1) is 0 Å². The zero-order valence-electron chi connectivity index (χ0n) is 17.1. The summed E-state index contributed by atoms with van der Waals surface area (Å²) in [7, 11) is -4.30. The zero-order valence-corrected chi connectivity index (χ0v) is 18.0.